The van der Waals surface area contributed by atoms with Gasteiger partial charge in [-0.05, 0) is 34.7 Å². The average molecular weight is 342 g/mol. The maximum Gasteiger partial charge on any atom is 0.154 e. The minimum atomic E-state index is -3.27. The first-order chi connectivity index (χ1) is 11.2. The van der Waals surface area contributed by atoms with Crippen LogP contribution in [-0.2, 0) is 25.8 Å². The van der Waals surface area contributed by atoms with E-state index < -0.39 is 9.84 Å². The number of carbonyl (C=O) groups excluding carboxylic acids is 1. The molecule has 0 aromatic heterocycles. The summed E-state index contributed by atoms with van der Waals surface area (Å²) in [5.41, 5.74) is 5.51. The minimum absolute atomic E-state index is 0.0139. The number of Topliss-reactive ketones (excluding diaryl/α,β-unsaturated/α-hetero) is 1. The molecule has 0 amide bonds. The maximum atomic E-state index is 12.2. The van der Waals surface area contributed by atoms with Crippen molar-refractivity contribution >= 4 is 15.6 Å². The van der Waals surface area contributed by atoms with E-state index in [2.05, 4.69) is 26.0 Å². The van der Waals surface area contributed by atoms with E-state index in [4.69, 9.17) is 0 Å². The smallest absolute Gasteiger partial charge is 0.154 e. The van der Waals surface area contributed by atoms with Crippen LogP contribution in [-0.4, -0.2) is 20.0 Å². The average Bonchev–Trinajstić information content (AvgIpc) is 2.74. The van der Waals surface area contributed by atoms with Crippen molar-refractivity contribution in [3.05, 3.63) is 59.2 Å². The van der Waals surface area contributed by atoms with Crippen molar-refractivity contribution in [3.8, 4) is 11.1 Å². The van der Waals surface area contributed by atoms with Gasteiger partial charge in [0.25, 0.3) is 0 Å². The third kappa shape index (κ3) is 3.03. The molecule has 0 saturated carbocycles. The van der Waals surface area contributed by atoms with Gasteiger partial charge in [0.2, 0.25) is 0 Å². The number of fused-ring (bicyclic) bond motifs is 3. The van der Waals surface area contributed by atoms with Gasteiger partial charge in [0.15, 0.2) is 9.84 Å². The van der Waals surface area contributed by atoms with Gasteiger partial charge in [0.1, 0.15) is 5.78 Å². The lowest BCUT2D eigenvalue weighted by Gasteiger charge is -2.21. The summed E-state index contributed by atoms with van der Waals surface area (Å²) in [5.74, 6) is -0.188. The summed E-state index contributed by atoms with van der Waals surface area (Å²) < 4.78 is 24.5. The van der Waals surface area contributed by atoms with Crippen molar-refractivity contribution in [2.24, 2.45) is 0 Å². The molecule has 0 aliphatic heterocycles. The van der Waals surface area contributed by atoms with E-state index in [0.29, 0.717) is 0 Å². The summed E-state index contributed by atoms with van der Waals surface area (Å²) in [5, 5.41) is 0. The summed E-state index contributed by atoms with van der Waals surface area (Å²) in [6, 6.07) is 14.3. The van der Waals surface area contributed by atoms with Gasteiger partial charge in [-0.1, -0.05) is 56.3 Å². The lowest BCUT2D eigenvalue weighted by molar-refractivity contribution is -0.116. The molecule has 0 bridgehead atoms. The Labute approximate surface area is 143 Å². The molecule has 0 heterocycles. The van der Waals surface area contributed by atoms with Crippen LogP contribution in [0.5, 0.6) is 0 Å². The summed E-state index contributed by atoms with van der Waals surface area (Å²) >= 11 is 0. The number of benzene rings is 2. The lowest BCUT2D eigenvalue weighted by Crippen LogP contribution is -2.16. The molecule has 126 valence electrons. The zero-order valence-electron chi connectivity index (χ0n) is 14.3. The van der Waals surface area contributed by atoms with E-state index in [1.54, 1.807) is 0 Å². The van der Waals surface area contributed by atoms with E-state index in [1.807, 2.05) is 30.3 Å². The highest BCUT2D eigenvalue weighted by molar-refractivity contribution is 7.90. The highest BCUT2D eigenvalue weighted by Gasteiger charge is 2.35. The molecule has 2 aromatic carbocycles. The van der Waals surface area contributed by atoms with Crippen LogP contribution >= 0.6 is 0 Å². The molecule has 0 saturated heterocycles. The fourth-order valence-electron chi connectivity index (χ4n) is 3.47. The Morgan fingerprint density at radius 1 is 1.00 bits per heavy atom. The second-order valence-corrected chi connectivity index (χ2v) is 9.28. The van der Waals surface area contributed by atoms with Gasteiger partial charge in [-0.2, -0.15) is 0 Å². The maximum absolute atomic E-state index is 12.2. The first-order valence-corrected chi connectivity index (χ1v) is 9.96. The quantitative estimate of drug-likeness (QED) is 0.828. The van der Waals surface area contributed by atoms with Crippen molar-refractivity contribution in [1.29, 1.82) is 0 Å². The second kappa shape index (κ2) is 5.85. The molecule has 2 aromatic rings. The van der Waals surface area contributed by atoms with Crippen LogP contribution < -0.4 is 0 Å². The van der Waals surface area contributed by atoms with Crippen molar-refractivity contribution < 1.29 is 13.2 Å². The molecule has 0 N–H and O–H groups in total. The molecular weight excluding hydrogens is 320 g/mol. The van der Waals surface area contributed by atoms with Gasteiger partial charge in [-0.15, -0.1) is 0 Å². The van der Waals surface area contributed by atoms with Crippen LogP contribution in [0, 0.1) is 0 Å². The summed E-state index contributed by atoms with van der Waals surface area (Å²) in [6.07, 6.45) is 0.0875. The first kappa shape index (κ1) is 16.9. The molecule has 3 nitrogen and oxygen atoms in total. The molecule has 0 atom stereocenters. The Balaban J connectivity index is 1.94. The summed E-state index contributed by atoms with van der Waals surface area (Å²) in [4.78, 5) is 11.0. The van der Waals surface area contributed by atoms with Crippen LogP contribution in [0.4, 0.5) is 0 Å². The zero-order chi connectivity index (χ0) is 17.5. The van der Waals surface area contributed by atoms with Crippen molar-refractivity contribution in [1.82, 2.24) is 0 Å². The van der Waals surface area contributed by atoms with E-state index in [0.717, 1.165) is 5.56 Å². The van der Waals surface area contributed by atoms with Crippen molar-refractivity contribution in [2.75, 3.05) is 5.75 Å². The van der Waals surface area contributed by atoms with E-state index in [-0.39, 0.29) is 29.1 Å². The number of ketones is 1. The molecule has 0 fully saturated rings. The van der Waals surface area contributed by atoms with E-state index in [1.165, 1.54) is 29.2 Å². The summed E-state index contributed by atoms with van der Waals surface area (Å²) in [7, 11) is -3.27. The molecule has 0 spiro atoms. The third-order valence-corrected chi connectivity index (χ3v) is 6.40. The Hall–Kier alpha value is -1.94. The predicted molar refractivity (Wildman–Crippen MR) is 96.8 cm³/mol. The molecule has 0 unspecified atom stereocenters. The first-order valence-electron chi connectivity index (χ1n) is 8.14. The number of rotatable bonds is 5. The summed E-state index contributed by atoms with van der Waals surface area (Å²) in [6.45, 7) is 5.77. The lowest BCUT2D eigenvalue weighted by atomic mass is 9.82. The van der Waals surface area contributed by atoms with Gasteiger partial charge in [0, 0.05) is 11.8 Å². The standard InChI is InChI=1S/C20H22O3S/c1-14(21)10-11-24(22,23)13-15-8-9-17-16-6-4-5-7-18(16)20(2,3)19(17)12-15/h4-9,12H,10-11,13H2,1-3H3. The Bertz CT molecular complexity index is 908. The second-order valence-electron chi connectivity index (χ2n) is 7.09. The fraction of sp³-hybridized carbons (Fsp3) is 0.350. The molecule has 1 aliphatic carbocycles. The van der Waals surface area contributed by atoms with Gasteiger partial charge in [-0.25, -0.2) is 8.42 Å². The minimum Gasteiger partial charge on any atom is -0.300 e. The van der Waals surface area contributed by atoms with Crippen LogP contribution in [0.3, 0.4) is 0 Å². The van der Waals surface area contributed by atoms with Gasteiger partial charge in [0.05, 0.1) is 11.5 Å². The molecule has 0 radical (unpaired) electrons. The molecule has 1 aliphatic rings. The molecular formula is C20H22O3S. The largest absolute Gasteiger partial charge is 0.300 e. The topological polar surface area (TPSA) is 51.2 Å². The fourth-order valence-corrected chi connectivity index (χ4v) is 4.90. The molecule has 3 rings (SSSR count). The number of sulfone groups is 1. The molecule has 24 heavy (non-hydrogen) atoms. The van der Waals surface area contributed by atoms with Crippen LogP contribution in [0.15, 0.2) is 42.5 Å². The Morgan fingerprint density at radius 3 is 2.38 bits per heavy atom. The highest BCUT2D eigenvalue weighted by atomic mass is 32.2. The predicted octanol–water partition coefficient (Wildman–Crippen LogP) is 3.89. The van der Waals surface area contributed by atoms with Crippen molar-refractivity contribution in [2.45, 2.75) is 38.4 Å². The molecule has 4 heteroatoms. The number of hydrogen-bond acceptors (Lipinski definition) is 3. The van der Waals surface area contributed by atoms with E-state index >= 15 is 0 Å². The number of hydrogen-bond donors (Lipinski definition) is 0. The normalized spacial score (nSPS) is 15.0. The van der Waals surface area contributed by atoms with Gasteiger partial charge >= 0.3 is 0 Å². The van der Waals surface area contributed by atoms with Crippen LogP contribution in [0.25, 0.3) is 11.1 Å². The zero-order valence-corrected chi connectivity index (χ0v) is 15.1. The Morgan fingerprint density at radius 2 is 1.67 bits per heavy atom. The van der Waals surface area contributed by atoms with E-state index in [9.17, 15) is 13.2 Å². The van der Waals surface area contributed by atoms with Gasteiger partial charge in [-0.3, -0.25) is 4.79 Å². The van der Waals surface area contributed by atoms with Crippen LogP contribution in [0.2, 0.25) is 0 Å². The third-order valence-electron chi connectivity index (χ3n) is 4.80. The van der Waals surface area contributed by atoms with Crippen molar-refractivity contribution in [3.63, 3.8) is 0 Å². The SMILES string of the molecule is CC(=O)CCS(=O)(=O)Cc1ccc2c(c1)C(C)(C)c1ccccc1-2. The number of carbonyl (C=O) groups is 1. The van der Waals surface area contributed by atoms with Gasteiger partial charge < -0.3 is 0 Å². The monoisotopic (exact) mass is 342 g/mol. The highest BCUT2D eigenvalue weighted by Crippen LogP contribution is 2.48. The Kier molecular flexibility index (Phi) is 4.12. The van der Waals surface area contributed by atoms with Crippen LogP contribution in [0.1, 0.15) is 43.9 Å².